The second-order valence-electron chi connectivity index (χ2n) is 2.75. The lowest BCUT2D eigenvalue weighted by molar-refractivity contribution is -0.192. The van der Waals surface area contributed by atoms with Crippen LogP contribution in [0.2, 0.25) is 0 Å². The van der Waals surface area contributed by atoms with Crippen molar-refractivity contribution in [2.45, 2.75) is 11.7 Å². The summed E-state index contributed by atoms with van der Waals surface area (Å²) in [5.41, 5.74) is -5.53. The largest absolute Gasteiger partial charge is 0.522 e. The zero-order chi connectivity index (χ0) is 17.3. The third kappa shape index (κ3) is 12.9. The van der Waals surface area contributed by atoms with Crippen LogP contribution in [0.1, 0.15) is 0 Å². The lowest BCUT2D eigenvalue weighted by Crippen LogP contribution is -2.21. The lowest BCUT2D eigenvalue weighted by atomic mass is 10.5. The van der Waals surface area contributed by atoms with Gasteiger partial charge in [-0.15, -0.1) is 0 Å². The number of carboxylic acids is 1. The van der Waals surface area contributed by atoms with Crippen LogP contribution in [0.15, 0.2) is 30.6 Å². The minimum absolute atomic E-state index is 1.75. The molecule has 1 aromatic rings. The highest BCUT2D eigenvalue weighted by molar-refractivity contribution is 7.86. The van der Waals surface area contributed by atoms with E-state index in [0.717, 1.165) is 0 Å². The van der Waals surface area contributed by atoms with E-state index in [9.17, 15) is 26.3 Å². The molecule has 0 spiro atoms. The molecule has 0 saturated carbocycles. The Morgan fingerprint density at radius 1 is 0.952 bits per heavy atom. The Balaban J connectivity index is 0. The van der Waals surface area contributed by atoms with E-state index in [0.29, 0.717) is 0 Å². The van der Waals surface area contributed by atoms with Crippen LogP contribution in [0.4, 0.5) is 26.3 Å². The van der Waals surface area contributed by atoms with E-state index in [1.807, 2.05) is 18.2 Å². The summed E-state index contributed by atoms with van der Waals surface area (Å²) in [5, 5.41) is 7.12. The third-order valence-corrected chi connectivity index (χ3v) is 1.69. The summed E-state index contributed by atoms with van der Waals surface area (Å²) in [6.07, 6.45) is -1.58. The molecule has 0 aliphatic heterocycles. The number of carbonyl (C=O) groups is 1. The van der Waals surface area contributed by atoms with Crippen molar-refractivity contribution in [3.63, 3.8) is 0 Å². The molecule has 1 heterocycles. The summed E-state index contributed by atoms with van der Waals surface area (Å²) in [6.45, 7) is 0. The van der Waals surface area contributed by atoms with Gasteiger partial charge in [0.2, 0.25) is 0 Å². The molecular formula is C8H7F6NO5S. The van der Waals surface area contributed by atoms with E-state index in [1.54, 1.807) is 12.4 Å². The first-order valence-electron chi connectivity index (χ1n) is 4.38. The topological polar surface area (TPSA) is 105 Å². The van der Waals surface area contributed by atoms with Crippen LogP contribution >= 0.6 is 0 Å². The Kier molecular flexibility index (Phi) is 8.57. The predicted molar refractivity (Wildman–Crippen MR) is 55.5 cm³/mol. The SMILES string of the molecule is O=C(O)C(F)(F)F.O=S(=O)(O)C(F)(F)F.c1ccncc1. The van der Waals surface area contributed by atoms with Gasteiger partial charge in [-0.1, -0.05) is 6.07 Å². The number of pyridine rings is 1. The molecule has 1 rings (SSSR count). The van der Waals surface area contributed by atoms with Gasteiger partial charge in [0.1, 0.15) is 0 Å². The number of alkyl halides is 6. The van der Waals surface area contributed by atoms with Crippen LogP contribution in [0.5, 0.6) is 0 Å². The quantitative estimate of drug-likeness (QED) is 0.425. The molecule has 122 valence electrons. The van der Waals surface area contributed by atoms with Crippen molar-refractivity contribution in [2.75, 3.05) is 0 Å². The number of halogens is 6. The van der Waals surface area contributed by atoms with Gasteiger partial charge < -0.3 is 5.11 Å². The Morgan fingerprint density at radius 3 is 1.29 bits per heavy atom. The summed E-state index contributed by atoms with van der Waals surface area (Å²) in [7, 11) is -5.84. The molecule has 0 amide bonds. The first kappa shape index (κ1) is 21.4. The summed E-state index contributed by atoms with van der Waals surface area (Å²) < 4.78 is 89.3. The minimum Gasteiger partial charge on any atom is -0.475 e. The van der Waals surface area contributed by atoms with Crippen LogP contribution in [0.25, 0.3) is 0 Å². The molecule has 13 heteroatoms. The molecule has 0 bridgehead atoms. The fraction of sp³-hybridized carbons (Fsp3) is 0.250. The standard InChI is InChI=1S/C5H5N.C2HF3O2.CHF3O3S/c1-2-4-6-5-3-1;3-2(4,5)1(6)7;2-1(3,4)8(5,6)7/h1-5H;(H,6,7);(H,5,6,7). The van der Waals surface area contributed by atoms with Gasteiger partial charge in [-0.2, -0.15) is 34.8 Å². The first-order chi connectivity index (χ1) is 9.19. The van der Waals surface area contributed by atoms with E-state index in [-0.39, 0.29) is 0 Å². The zero-order valence-electron chi connectivity index (χ0n) is 9.63. The Hall–Kier alpha value is -1.89. The summed E-state index contributed by atoms with van der Waals surface area (Å²) in [6, 6.07) is 5.72. The van der Waals surface area contributed by atoms with Crippen molar-refractivity contribution in [3.8, 4) is 0 Å². The van der Waals surface area contributed by atoms with Crippen LogP contribution in [0.3, 0.4) is 0 Å². The monoisotopic (exact) mass is 343 g/mol. The Bertz CT molecular complexity index is 485. The second-order valence-corrected chi connectivity index (χ2v) is 4.16. The highest BCUT2D eigenvalue weighted by atomic mass is 32.2. The molecule has 0 saturated heterocycles. The van der Waals surface area contributed by atoms with Gasteiger partial charge in [-0.25, -0.2) is 4.79 Å². The van der Waals surface area contributed by atoms with Crippen LogP contribution in [-0.2, 0) is 14.9 Å². The first-order valence-corrected chi connectivity index (χ1v) is 5.82. The second kappa shape index (κ2) is 8.41. The normalized spacial score (nSPS) is 11.4. The molecular weight excluding hydrogens is 336 g/mol. The molecule has 0 aromatic carbocycles. The number of carboxylic acid groups (broad SMARTS) is 1. The highest BCUT2D eigenvalue weighted by Gasteiger charge is 2.44. The maximum atomic E-state index is 10.7. The lowest BCUT2D eigenvalue weighted by Gasteiger charge is -1.97. The van der Waals surface area contributed by atoms with E-state index < -0.39 is 27.8 Å². The van der Waals surface area contributed by atoms with Crippen molar-refractivity contribution in [2.24, 2.45) is 0 Å². The maximum absolute atomic E-state index is 10.7. The van der Waals surface area contributed by atoms with E-state index in [1.165, 1.54) is 0 Å². The fourth-order valence-corrected chi connectivity index (χ4v) is 0.313. The molecule has 0 aliphatic carbocycles. The Morgan fingerprint density at radius 2 is 1.24 bits per heavy atom. The summed E-state index contributed by atoms with van der Waals surface area (Å²) in [5.74, 6) is -2.76. The zero-order valence-corrected chi connectivity index (χ0v) is 10.4. The van der Waals surface area contributed by atoms with Crippen LogP contribution < -0.4 is 0 Å². The van der Waals surface area contributed by atoms with Crippen molar-refractivity contribution in [1.29, 1.82) is 0 Å². The molecule has 21 heavy (non-hydrogen) atoms. The van der Waals surface area contributed by atoms with E-state index in [2.05, 4.69) is 4.98 Å². The van der Waals surface area contributed by atoms with Gasteiger partial charge >= 0.3 is 27.8 Å². The minimum atomic E-state index is -5.84. The molecule has 6 nitrogen and oxygen atoms in total. The van der Waals surface area contributed by atoms with Gasteiger partial charge in [0, 0.05) is 12.4 Å². The average molecular weight is 343 g/mol. The number of nitrogens with zero attached hydrogens (tertiary/aromatic N) is 1. The van der Waals surface area contributed by atoms with Gasteiger partial charge in [0.05, 0.1) is 0 Å². The molecule has 0 atom stereocenters. The van der Waals surface area contributed by atoms with Gasteiger partial charge in [-0.05, 0) is 12.1 Å². The number of hydrogen-bond acceptors (Lipinski definition) is 4. The van der Waals surface area contributed by atoms with E-state index >= 15 is 0 Å². The smallest absolute Gasteiger partial charge is 0.475 e. The van der Waals surface area contributed by atoms with E-state index in [4.69, 9.17) is 22.9 Å². The highest BCUT2D eigenvalue weighted by Crippen LogP contribution is 2.20. The summed E-state index contributed by atoms with van der Waals surface area (Å²) in [4.78, 5) is 12.7. The molecule has 0 unspecified atom stereocenters. The molecule has 0 aliphatic rings. The Labute approximate surface area is 113 Å². The molecule has 1 aromatic heterocycles. The fourth-order valence-electron chi connectivity index (χ4n) is 0.313. The van der Waals surface area contributed by atoms with Crippen LogP contribution in [0, 0.1) is 0 Å². The number of hydrogen-bond donors (Lipinski definition) is 2. The van der Waals surface area contributed by atoms with Gasteiger partial charge in [-0.3, -0.25) is 9.54 Å². The number of rotatable bonds is 0. The summed E-state index contributed by atoms with van der Waals surface area (Å²) >= 11 is 0. The average Bonchev–Trinajstić information content (AvgIpc) is 2.29. The van der Waals surface area contributed by atoms with Crippen molar-refractivity contribution >= 4 is 16.1 Å². The number of aromatic nitrogens is 1. The van der Waals surface area contributed by atoms with Gasteiger partial charge in [0.25, 0.3) is 0 Å². The third-order valence-electron chi connectivity index (χ3n) is 1.10. The van der Waals surface area contributed by atoms with Crippen molar-refractivity contribution in [1.82, 2.24) is 4.98 Å². The number of aliphatic carboxylic acids is 1. The van der Waals surface area contributed by atoms with Gasteiger partial charge in [0.15, 0.2) is 0 Å². The maximum Gasteiger partial charge on any atom is 0.522 e. The molecule has 0 fully saturated rings. The molecule has 2 N–H and O–H groups in total. The van der Waals surface area contributed by atoms with Crippen molar-refractivity contribution < 1.29 is 49.2 Å². The molecule has 0 radical (unpaired) electrons. The van der Waals surface area contributed by atoms with Crippen LogP contribution in [-0.4, -0.2) is 40.7 Å². The predicted octanol–water partition coefficient (Wildman–Crippen LogP) is 2.11. The van der Waals surface area contributed by atoms with Crippen molar-refractivity contribution in [3.05, 3.63) is 30.6 Å².